The third kappa shape index (κ3) is 3.04. The van der Waals surface area contributed by atoms with E-state index in [9.17, 15) is 0 Å². The zero-order valence-corrected chi connectivity index (χ0v) is 12.2. The van der Waals surface area contributed by atoms with Gasteiger partial charge >= 0.3 is 0 Å². The topological polar surface area (TPSA) is 0 Å². The maximum absolute atomic E-state index is 6.45. The van der Waals surface area contributed by atoms with Crippen LogP contribution in [0.15, 0.2) is 30.3 Å². The summed E-state index contributed by atoms with van der Waals surface area (Å²) in [6.07, 6.45) is 0.852. The molecule has 90 valence electrons. The number of halogens is 2. The molecule has 0 saturated heterocycles. The molecule has 1 aromatic carbocycles. The first-order valence-corrected chi connectivity index (χ1v) is 7.15. The number of thiophene rings is 1. The molecule has 0 nitrogen and oxygen atoms in total. The molecule has 0 spiro atoms. The van der Waals surface area contributed by atoms with Crippen LogP contribution < -0.4 is 0 Å². The van der Waals surface area contributed by atoms with Gasteiger partial charge in [-0.1, -0.05) is 35.9 Å². The number of alkyl halides is 1. The molecular weight excluding hydrogens is 271 g/mol. The summed E-state index contributed by atoms with van der Waals surface area (Å²) in [6, 6.07) is 10.4. The van der Waals surface area contributed by atoms with E-state index in [2.05, 4.69) is 31.2 Å². The molecule has 2 rings (SSSR count). The molecule has 0 aliphatic rings. The minimum absolute atomic E-state index is 0.00676. The Labute approximate surface area is 116 Å². The molecule has 0 bridgehead atoms. The smallest absolute Gasteiger partial charge is 0.0960 e. The highest BCUT2D eigenvalue weighted by molar-refractivity contribution is 7.16. The minimum Gasteiger partial charge on any atom is -0.127 e. The second-order valence-electron chi connectivity index (χ2n) is 4.20. The van der Waals surface area contributed by atoms with E-state index in [-0.39, 0.29) is 5.38 Å². The molecule has 0 N–H and O–H groups in total. The highest BCUT2D eigenvalue weighted by Gasteiger charge is 2.14. The maximum atomic E-state index is 6.45. The van der Waals surface area contributed by atoms with Gasteiger partial charge in [0.05, 0.1) is 9.71 Å². The molecule has 2 aromatic rings. The quantitative estimate of drug-likeness (QED) is 0.649. The molecule has 3 heteroatoms. The first kappa shape index (κ1) is 12.9. The van der Waals surface area contributed by atoms with Gasteiger partial charge in [-0.05, 0) is 43.0 Å². The van der Waals surface area contributed by atoms with Gasteiger partial charge in [0.15, 0.2) is 0 Å². The predicted molar refractivity (Wildman–Crippen MR) is 77.5 cm³/mol. The summed E-state index contributed by atoms with van der Waals surface area (Å²) in [6.45, 7) is 4.13. The van der Waals surface area contributed by atoms with Gasteiger partial charge in [-0.25, -0.2) is 0 Å². The Morgan fingerprint density at radius 3 is 2.47 bits per heavy atom. The van der Waals surface area contributed by atoms with Crippen LogP contribution in [0.1, 0.15) is 26.9 Å². The summed E-state index contributed by atoms with van der Waals surface area (Å²) >= 11 is 14.1. The third-order valence-electron chi connectivity index (χ3n) is 2.85. The summed E-state index contributed by atoms with van der Waals surface area (Å²) in [4.78, 5) is 1.15. The Kier molecular flexibility index (Phi) is 4.13. The Morgan fingerprint density at radius 2 is 1.88 bits per heavy atom. The summed E-state index contributed by atoms with van der Waals surface area (Å²) in [5.74, 6) is 0. The van der Waals surface area contributed by atoms with Gasteiger partial charge in [-0.2, -0.15) is 0 Å². The molecule has 0 amide bonds. The number of aryl methyl sites for hydroxylation is 2. The standard InChI is InChI=1S/C14H14Cl2S/c1-9-5-3-4-6-11(9)8-12(15)13-7-10(2)14(16)17-13/h3-7,12H,8H2,1-2H3. The lowest BCUT2D eigenvalue weighted by molar-refractivity contribution is 0.929. The fourth-order valence-corrected chi connectivity index (χ4v) is 3.33. The van der Waals surface area contributed by atoms with Crippen molar-refractivity contribution in [3.63, 3.8) is 0 Å². The van der Waals surface area contributed by atoms with Crippen molar-refractivity contribution < 1.29 is 0 Å². The van der Waals surface area contributed by atoms with E-state index in [4.69, 9.17) is 23.2 Å². The van der Waals surface area contributed by atoms with Gasteiger partial charge in [0.2, 0.25) is 0 Å². The van der Waals surface area contributed by atoms with E-state index in [0.29, 0.717) is 0 Å². The highest BCUT2D eigenvalue weighted by atomic mass is 35.5. The molecule has 0 aliphatic carbocycles. The van der Waals surface area contributed by atoms with Crippen LogP contribution in [-0.2, 0) is 6.42 Å². The van der Waals surface area contributed by atoms with Crippen LogP contribution in [-0.4, -0.2) is 0 Å². The highest BCUT2D eigenvalue weighted by Crippen LogP contribution is 2.36. The Balaban J connectivity index is 2.17. The van der Waals surface area contributed by atoms with E-state index in [0.717, 1.165) is 21.2 Å². The number of hydrogen-bond donors (Lipinski definition) is 0. The maximum Gasteiger partial charge on any atom is 0.0960 e. The summed E-state index contributed by atoms with van der Waals surface area (Å²) in [5.41, 5.74) is 3.70. The second-order valence-corrected chi connectivity index (χ2v) is 6.42. The van der Waals surface area contributed by atoms with E-state index < -0.39 is 0 Å². The van der Waals surface area contributed by atoms with Crippen molar-refractivity contribution in [1.29, 1.82) is 0 Å². The molecule has 0 radical (unpaired) electrons. The predicted octanol–water partition coefficient (Wildman–Crippen LogP) is 5.54. The van der Waals surface area contributed by atoms with Crippen molar-refractivity contribution in [2.75, 3.05) is 0 Å². The van der Waals surface area contributed by atoms with E-state index in [1.54, 1.807) is 11.3 Å². The Bertz CT molecular complexity index is 497. The van der Waals surface area contributed by atoms with Crippen LogP contribution in [0.4, 0.5) is 0 Å². The van der Waals surface area contributed by atoms with Crippen LogP contribution >= 0.6 is 34.5 Å². The third-order valence-corrected chi connectivity index (χ3v) is 5.03. The number of hydrogen-bond acceptors (Lipinski definition) is 1. The van der Waals surface area contributed by atoms with Gasteiger partial charge in [0, 0.05) is 4.88 Å². The minimum atomic E-state index is 0.00676. The second kappa shape index (κ2) is 5.43. The van der Waals surface area contributed by atoms with Gasteiger partial charge in [-0.15, -0.1) is 22.9 Å². The normalized spacial score (nSPS) is 12.7. The van der Waals surface area contributed by atoms with Crippen molar-refractivity contribution in [2.45, 2.75) is 25.6 Å². The molecule has 1 unspecified atom stereocenters. The van der Waals surface area contributed by atoms with E-state index in [1.807, 2.05) is 13.0 Å². The molecule has 17 heavy (non-hydrogen) atoms. The molecule has 1 atom stereocenters. The monoisotopic (exact) mass is 284 g/mol. The fourth-order valence-electron chi connectivity index (χ4n) is 1.77. The van der Waals surface area contributed by atoms with E-state index in [1.165, 1.54) is 11.1 Å². The van der Waals surface area contributed by atoms with E-state index >= 15 is 0 Å². The van der Waals surface area contributed by atoms with Gasteiger partial charge in [0.25, 0.3) is 0 Å². The average molecular weight is 285 g/mol. The lowest BCUT2D eigenvalue weighted by Gasteiger charge is -2.09. The molecule has 0 fully saturated rings. The molecule has 0 aliphatic heterocycles. The average Bonchev–Trinajstić information content (AvgIpc) is 2.63. The summed E-state index contributed by atoms with van der Waals surface area (Å²) in [5, 5.41) is 0.00676. The van der Waals surface area contributed by atoms with Gasteiger partial charge in [-0.3, -0.25) is 0 Å². The molecule has 1 aromatic heterocycles. The van der Waals surface area contributed by atoms with Crippen molar-refractivity contribution in [1.82, 2.24) is 0 Å². The van der Waals surface area contributed by atoms with Crippen LogP contribution in [0, 0.1) is 13.8 Å². The number of benzene rings is 1. The van der Waals surface area contributed by atoms with Crippen molar-refractivity contribution in [3.05, 3.63) is 56.2 Å². The molecule has 0 saturated carbocycles. The summed E-state index contributed by atoms with van der Waals surface area (Å²) in [7, 11) is 0. The molecule has 1 heterocycles. The number of rotatable bonds is 3. The van der Waals surface area contributed by atoms with Crippen molar-refractivity contribution >= 4 is 34.5 Å². The summed E-state index contributed by atoms with van der Waals surface area (Å²) < 4.78 is 0.843. The fraction of sp³-hybridized carbons (Fsp3) is 0.286. The van der Waals surface area contributed by atoms with Crippen molar-refractivity contribution in [2.24, 2.45) is 0 Å². The largest absolute Gasteiger partial charge is 0.127 e. The van der Waals surface area contributed by atoms with Crippen LogP contribution in [0.25, 0.3) is 0 Å². The Morgan fingerprint density at radius 1 is 1.18 bits per heavy atom. The lowest BCUT2D eigenvalue weighted by atomic mass is 10.0. The zero-order valence-electron chi connectivity index (χ0n) is 9.84. The molecular formula is C14H14Cl2S. The van der Waals surface area contributed by atoms with Crippen LogP contribution in [0.2, 0.25) is 4.34 Å². The Hall–Kier alpha value is -0.500. The van der Waals surface area contributed by atoms with Crippen LogP contribution in [0.5, 0.6) is 0 Å². The van der Waals surface area contributed by atoms with Gasteiger partial charge in [0.1, 0.15) is 0 Å². The van der Waals surface area contributed by atoms with Crippen LogP contribution in [0.3, 0.4) is 0 Å². The lowest BCUT2D eigenvalue weighted by Crippen LogP contribution is -1.95. The SMILES string of the molecule is Cc1ccccc1CC(Cl)c1cc(C)c(Cl)s1. The zero-order chi connectivity index (χ0) is 12.4. The first-order chi connectivity index (χ1) is 8.08. The van der Waals surface area contributed by atoms with Gasteiger partial charge < -0.3 is 0 Å². The first-order valence-electron chi connectivity index (χ1n) is 5.52. The van der Waals surface area contributed by atoms with Crippen molar-refractivity contribution in [3.8, 4) is 0 Å².